The van der Waals surface area contributed by atoms with Crippen molar-refractivity contribution in [2.75, 3.05) is 13.2 Å². The lowest BCUT2D eigenvalue weighted by molar-refractivity contribution is -0.140. The highest BCUT2D eigenvalue weighted by Crippen LogP contribution is 2.29. The van der Waals surface area contributed by atoms with Gasteiger partial charge < -0.3 is 9.84 Å². The van der Waals surface area contributed by atoms with Crippen molar-refractivity contribution in [3.8, 4) is 0 Å². The maximum atomic E-state index is 10.9. The lowest BCUT2D eigenvalue weighted by Crippen LogP contribution is -2.47. The molecule has 16 heavy (non-hydrogen) atoms. The molecule has 1 saturated carbocycles. The molecule has 1 N–H and O–H groups in total. The van der Waals surface area contributed by atoms with Crippen LogP contribution in [-0.2, 0) is 9.53 Å². The third kappa shape index (κ3) is 2.55. The van der Waals surface area contributed by atoms with E-state index in [1.807, 2.05) is 0 Å². The van der Waals surface area contributed by atoms with E-state index in [-0.39, 0.29) is 12.6 Å². The monoisotopic (exact) mass is 227 g/mol. The van der Waals surface area contributed by atoms with Gasteiger partial charge in [-0.1, -0.05) is 12.8 Å². The van der Waals surface area contributed by atoms with Gasteiger partial charge in [-0.2, -0.15) is 0 Å². The molecule has 1 aliphatic carbocycles. The first kappa shape index (κ1) is 11.9. The van der Waals surface area contributed by atoms with Crippen molar-refractivity contribution in [3.05, 3.63) is 0 Å². The van der Waals surface area contributed by atoms with Gasteiger partial charge in [-0.05, 0) is 26.2 Å². The summed E-state index contributed by atoms with van der Waals surface area (Å²) in [6.45, 7) is 3.00. The average molecular weight is 227 g/mol. The van der Waals surface area contributed by atoms with Crippen LogP contribution in [0, 0.1) is 0 Å². The van der Waals surface area contributed by atoms with Crippen molar-refractivity contribution >= 4 is 5.97 Å². The van der Waals surface area contributed by atoms with E-state index in [1.165, 1.54) is 12.8 Å². The molecule has 1 aliphatic heterocycles. The Morgan fingerprint density at radius 3 is 2.56 bits per heavy atom. The number of carboxylic acids is 1. The van der Waals surface area contributed by atoms with E-state index in [4.69, 9.17) is 9.84 Å². The summed E-state index contributed by atoms with van der Waals surface area (Å²) in [5.41, 5.74) is 0. The quantitative estimate of drug-likeness (QED) is 0.790. The van der Waals surface area contributed by atoms with Gasteiger partial charge in [-0.25, -0.2) is 0 Å². The summed E-state index contributed by atoms with van der Waals surface area (Å²) < 4.78 is 5.55. The minimum absolute atomic E-state index is 0.170. The van der Waals surface area contributed by atoms with Crippen LogP contribution in [0.15, 0.2) is 0 Å². The van der Waals surface area contributed by atoms with Crippen LogP contribution >= 0.6 is 0 Å². The predicted molar refractivity (Wildman–Crippen MR) is 60.4 cm³/mol. The number of carboxylic acid groups (broad SMARTS) is 1. The summed E-state index contributed by atoms with van der Waals surface area (Å²) >= 11 is 0. The fraction of sp³-hybridized carbons (Fsp3) is 0.917. The molecule has 0 radical (unpaired) electrons. The minimum atomic E-state index is -0.717. The molecule has 4 heteroatoms. The normalized spacial score (nSPS) is 31.4. The fourth-order valence-electron chi connectivity index (χ4n) is 3.07. The number of rotatable bonds is 4. The molecule has 1 saturated heterocycles. The maximum absolute atomic E-state index is 10.9. The summed E-state index contributed by atoms with van der Waals surface area (Å²) in [6.07, 6.45) is 5.93. The van der Waals surface area contributed by atoms with Crippen molar-refractivity contribution in [1.82, 2.24) is 4.90 Å². The molecule has 2 unspecified atom stereocenters. The van der Waals surface area contributed by atoms with Crippen LogP contribution in [0.5, 0.6) is 0 Å². The lowest BCUT2D eigenvalue weighted by Gasteiger charge is -2.34. The molecule has 2 rings (SSSR count). The maximum Gasteiger partial charge on any atom is 0.317 e. The van der Waals surface area contributed by atoms with Gasteiger partial charge in [0.05, 0.1) is 12.6 Å². The molecule has 0 aromatic carbocycles. The highest BCUT2D eigenvalue weighted by atomic mass is 16.5. The van der Waals surface area contributed by atoms with Crippen molar-refractivity contribution in [1.29, 1.82) is 0 Å². The van der Waals surface area contributed by atoms with E-state index in [2.05, 4.69) is 11.8 Å². The largest absolute Gasteiger partial charge is 0.480 e. The van der Waals surface area contributed by atoms with Crippen LogP contribution in [0.25, 0.3) is 0 Å². The van der Waals surface area contributed by atoms with Gasteiger partial charge in [0.25, 0.3) is 0 Å². The highest BCUT2D eigenvalue weighted by molar-refractivity contribution is 5.69. The Morgan fingerprint density at radius 1 is 1.38 bits per heavy atom. The molecule has 2 fully saturated rings. The Balaban J connectivity index is 2.03. The first-order chi connectivity index (χ1) is 7.68. The zero-order valence-electron chi connectivity index (χ0n) is 9.89. The SMILES string of the molecule is CC1OCCC1N(CC(=O)O)C1CCCC1. The summed E-state index contributed by atoms with van der Waals surface area (Å²) in [7, 11) is 0. The van der Waals surface area contributed by atoms with E-state index in [1.54, 1.807) is 0 Å². The Hall–Kier alpha value is -0.610. The molecular formula is C12H21NO3. The molecule has 2 atom stereocenters. The standard InChI is InChI=1S/C12H21NO3/c1-9-11(6-7-16-9)13(8-12(14)15)10-4-2-3-5-10/h9-11H,2-8H2,1H3,(H,14,15). The summed E-state index contributed by atoms with van der Waals surface area (Å²) in [6, 6.07) is 0.768. The Kier molecular flexibility index (Phi) is 3.82. The van der Waals surface area contributed by atoms with E-state index in [9.17, 15) is 4.79 Å². The van der Waals surface area contributed by atoms with Crippen LogP contribution in [-0.4, -0.2) is 47.3 Å². The molecule has 1 heterocycles. The first-order valence-corrected chi connectivity index (χ1v) is 6.27. The number of hydrogen-bond donors (Lipinski definition) is 1. The zero-order valence-corrected chi connectivity index (χ0v) is 9.89. The average Bonchev–Trinajstić information content (AvgIpc) is 2.84. The highest BCUT2D eigenvalue weighted by Gasteiger charge is 2.36. The van der Waals surface area contributed by atoms with Gasteiger partial charge in [0.15, 0.2) is 0 Å². The second kappa shape index (κ2) is 5.15. The molecule has 0 aromatic heterocycles. The Labute approximate surface area is 96.6 Å². The Morgan fingerprint density at radius 2 is 2.06 bits per heavy atom. The second-order valence-electron chi connectivity index (χ2n) is 4.94. The zero-order chi connectivity index (χ0) is 11.5. The number of ether oxygens (including phenoxy) is 1. The van der Waals surface area contributed by atoms with E-state index in [0.29, 0.717) is 12.1 Å². The lowest BCUT2D eigenvalue weighted by atomic mass is 10.1. The summed E-state index contributed by atoms with van der Waals surface area (Å²) in [5.74, 6) is -0.717. The first-order valence-electron chi connectivity index (χ1n) is 6.27. The molecule has 4 nitrogen and oxygen atoms in total. The molecule has 0 aromatic rings. The van der Waals surface area contributed by atoms with Gasteiger partial charge in [0.2, 0.25) is 0 Å². The van der Waals surface area contributed by atoms with E-state index in [0.717, 1.165) is 25.9 Å². The fourth-order valence-corrected chi connectivity index (χ4v) is 3.07. The molecular weight excluding hydrogens is 206 g/mol. The number of carbonyl (C=O) groups is 1. The van der Waals surface area contributed by atoms with E-state index >= 15 is 0 Å². The topological polar surface area (TPSA) is 49.8 Å². The smallest absolute Gasteiger partial charge is 0.317 e. The van der Waals surface area contributed by atoms with E-state index < -0.39 is 5.97 Å². The van der Waals surface area contributed by atoms with Crippen molar-refractivity contribution in [2.24, 2.45) is 0 Å². The molecule has 0 amide bonds. The molecule has 0 bridgehead atoms. The number of nitrogens with zero attached hydrogens (tertiary/aromatic N) is 1. The minimum Gasteiger partial charge on any atom is -0.480 e. The molecule has 0 spiro atoms. The Bertz CT molecular complexity index is 251. The third-order valence-corrected chi connectivity index (χ3v) is 3.87. The summed E-state index contributed by atoms with van der Waals surface area (Å²) in [4.78, 5) is 13.1. The predicted octanol–water partition coefficient (Wildman–Crippen LogP) is 1.49. The number of aliphatic carboxylic acids is 1. The molecule has 2 aliphatic rings. The van der Waals surface area contributed by atoms with Gasteiger partial charge in [-0.3, -0.25) is 9.69 Å². The number of hydrogen-bond acceptors (Lipinski definition) is 3. The van der Waals surface area contributed by atoms with Crippen molar-refractivity contribution in [3.63, 3.8) is 0 Å². The third-order valence-electron chi connectivity index (χ3n) is 3.87. The van der Waals surface area contributed by atoms with Gasteiger partial charge in [0, 0.05) is 18.7 Å². The van der Waals surface area contributed by atoms with Gasteiger partial charge >= 0.3 is 5.97 Å². The molecule has 92 valence electrons. The van der Waals surface area contributed by atoms with Gasteiger partial charge in [0.1, 0.15) is 0 Å². The summed E-state index contributed by atoms with van der Waals surface area (Å²) in [5, 5.41) is 9.01. The van der Waals surface area contributed by atoms with Crippen LogP contribution < -0.4 is 0 Å². The van der Waals surface area contributed by atoms with Crippen LogP contribution in [0.3, 0.4) is 0 Å². The van der Waals surface area contributed by atoms with Gasteiger partial charge in [-0.15, -0.1) is 0 Å². The van der Waals surface area contributed by atoms with Crippen molar-refractivity contribution < 1.29 is 14.6 Å². The van der Waals surface area contributed by atoms with Crippen LogP contribution in [0.2, 0.25) is 0 Å². The second-order valence-corrected chi connectivity index (χ2v) is 4.94. The van der Waals surface area contributed by atoms with Crippen LogP contribution in [0.4, 0.5) is 0 Å². The van der Waals surface area contributed by atoms with Crippen molar-refractivity contribution in [2.45, 2.75) is 57.2 Å². The van der Waals surface area contributed by atoms with Crippen LogP contribution in [0.1, 0.15) is 39.0 Å².